The van der Waals surface area contributed by atoms with E-state index in [0.29, 0.717) is 17.5 Å². The van der Waals surface area contributed by atoms with Crippen molar-refractivity contribution in [1.82, 2.24) is 19.5 Å². The van der Waals surface area contributed by atoms with Crippen molar-refractivity contribution in [3.63, 3.8) is 0 Å². The maximum absolute atomic E-state index is 5.16. The highest BCUT2D eigenvalue weighted by molar-refractivity contribution is 6.30. The molecule has 0 aliphatic heterocycles. The molecule has 0 N–H and O–H groups in total. The molecule has 228 valence electrons. The Morgan fingerprint density at radius 1 is 0.306 bits per heavy atom. The lowest BCUT2D eigenvalue weighted by Crippen LogP contribution is -2.01. The summed E-state index contributed by atoms with van der Waals surface area (Å²) in [6, 6.07) is 59.7. The van der Waals surface area contributed by atoms with Crippen LogP contribution in [0.1, 0.15) is 0 Å². The van der Waals surface area contributed by atoms with Crippen LogP contribution in [0.2, 0.25) is 0 Å². The van der Waals surface area contributed by atoms with Gasteiger partial charge in [-0.25, -0.2) is 15.0 Å². The van der Waals surface area contributed by atoms with Gasteiger partial charge in [-0.1, -0.05) is 152 Å². The minimum Gasteiger partial charge on any atom is -0.309 e. The van der Waals surface area contributed by atoms with Crippen LogP contribution in [0.15, 0.2) is 170 Å². The lowest BCUT2D eigenvalue weighted by atomic mass is 9.90. The summed E-state index contributed by atoms with van der Waals surface area (Å²) in [4.78, 5) is 15.3. The van der Waals surface area contributed by atoms with E-state index in [4.69, 9.17) is 15.0 Å². The van der Waals surface area contributed by atoms with E-state index < -0.39 is 0 Å². The number of para-hydroxylation sites is 2. The standard InChI is InChI=1S/C45H28N4/c1-3-15-29(16-4-1)43-46-44(30-17-5-2-6-18-30)48-45(47-43)37-25-13-24-36-41(37)34-22-8-7-19-31(34)35-23-14-28-40(42(35)36)49-38-26-11-9-20-32(38)33-21-10-12-27-39(33)49/h1-28H. The van der Waals surface area contributed by atoms with Gasteiger partial charge >= 0.3 is 0 Å². The predicted molar refractivity (Wildman–Crippen MR) is 203 cm³/mol. The molecule has 0 bridgehead atoms. The summed E-state index contributed by atoms with van der Waals surface area (Å²) >= 11 is 0. The van der Waals surface area contributed by atoms with E-state index in [1.165, 1.54) is 43.4 Å². The Balaban J connectivity index is 1.34. The van der Waals surface area contributed by atoms with Crippen LogP contribution in [0.25, 0.3) is 94.0 Å². The zero-order valence-corrected chi connectivity index (χ0v) is 26.5. The van der Waals surface area contributed by atoms with Crippen LogP contribution in [0.5, 0.6) is 0 Å². The van der Waals surface area contributed by atoms with Crippen molar-refractivity contribution < 1.29 is 0 Å². The monoisotopic (exact) mass is 624 g/mol. The van der Waals surface area contributed by atoms with Gasteiger partial charge in [-0.05, 0) is 39.7 Å². The fourth-order valence-electron chi connectivity index (χ4n) is 7.52. The smallest absolute Gasteiger partial charge is 0.164 e. The van der Waals surface area contributed by atoms with Gasteiger partial charge in [-0.3, -0.25) is 0 Å². The fraction of sp³-hybridized carbons (Fsp3) is 0. The molecular formula is C45H28N4. The molecule has 0 spiro atoms. The Bertz CT molecular complexity index is 2760. The zero-order chi connectivity index (χ0) is 32.3. The first-order valence-corrected chi connectivity index (χ1v) is 16.6. The van der Waals surface area contributed by atoms with E-state index in [9.17, 15) is 0 Å². The highest BCUT2D eigenvalue weighted by Gasteiger charge is 2.20. The highest BCUT2D eigenvalue weighted by Crippen LogP contribution is 2.43. The van der Waals surface area contributed by atoms with Gasteiger partial charge in [0.2, 0.25) is 0 Å². The van der Waals surface area contributed by atoms with Crippen LogP contribution in [0, 0.1) is 0 Å². The minimum absolute atomic E-state index is 0.650. The highest BCUT2D eigenvalue weighted by atomic mass is 15.0. The second kappa shape index (κ2) is 11.0. The van der Waals surface area contributed by atoms with Crippen molar-refractivity contribution >= 4 is 54.1 Å². The first-order valence-electron chi connectivity index (χ1n) is 16.6. The molecule has 10 rings (SSSR count). The molecule has 0 radical (unpaired) electrons. The molecule has 0 saturated heterocycles. The van der Waals surface area contributed by atoms with E-state index >= 15 is 0 Å². The lowest BCUT2D eigenvalue weighted by molar-refractivity contribution is 1.08. The quantitative estimate of drug-likeness (QED) is 0.183. The molecule has 2 heterocycles. The largest absolute Gasteiger partial charge is 0.309 e. The van der Waals surface area contributed by atoms with Crippen molar-refractivity contribution in [3.05, 3.63) is 170 Å². The maximum Gasteiger partial charge on any atom is 0.164 e. The SMILES string of the molecule is c1ccc(-c2nc(-c3ccccc3)nc(-c3cccc4c3c3ccccc3c3cccc(-n5c6ccccc6c6ccccc65)c34)n2)cc1. The van der Waals surface area contributed by atoms with Crippen LogP contribution < -0.4 is 0 Å². The third kappa shape index (κ3) is 4.28. The van der Waals surface area contributed by atoms with Crippen molar-refractivity contribution in [2.24, 2.45) is 0 Å². The van der Waals surface area contributed by atoms with Crippen LogP contribution in [0.3, 0.4) is 0 Å². The summed E-state index contributed by atoms with van der Waals surface area (Å²) < 4.78 is 2.43. The number of hydrogen-bond acceptors (Lipinski definition) is 3. The van der Waals surface area contributed by atoms with Crippen LogP contribution in [0.4, 0.5) is 0 Å². The Morgan fingerprint density at radius 2 is 0.755 bits per heavy atom. The molecule has 0 aliphatic rings. The molecule has 0 aliphatic carbocycles. The second-order valence-electron chi connectivity index (χ2n) is 12.4. The normalized spacial score (nSPS) is 11.7. The summed E-state index contributed by atoms with van der Waals surface area (Å²) in [5, 5.41) is 9.55. The van der Waals surface area contributed by atoms with Crippen molar-refractivity contribution in [2.45, 2.75) is 0 Å². The Morgan fingerprint density at radius 3 is 1.39 bits per heavy atom. The van der Waals surface area contributed by atoms with Gasteiger partial charge in [-0.2, -0.15) is 0 Å². The fourth-order valence-corrected chi connectivity index (χ4v) is 7.52. The van der Waals surface area contributed by atoms with Gasteiger partial charge in [-0.15, -0.1) is 0 Å². The van der Waals surface area contributed by atoms with Gasteiger partial charge in [0.05, 0.1) is 16.7 Å². The van der Waals surface area contributed by atoms with Crippen LogP contribution >= 0.6 is 0 Å². The van der Waals surface area contributed by atoms with Gasteiger partial charge in [0.1, 0.15) is 0 Å². The average Bonchev–Trinajstić information content (AvgIpc) is 3.52. The molecule has 10 aromatic rings. The lowest BCUT2D eigenvalue weighted by Gasteiger charge is -2.18. The number of hydrogen-bond donors (Lipinski definition) is 0. The summed E-state index contributed by atoms with van der Waals surface area (Å²) in [6.07, 6.45) is 0. The first-order chi connectivity index (χ1) is 24.3. The van der Waals surface area contributed by atoms with Gasteiger partial charge in [0.15, 0.2) is 17.5 Å². The molecule has 0 amide bonds. The Kier molecular flexibility index (Phi) is 6.15. The molecule has 0 unspecified atom stereocenters. The summed E-state index contributed by atoms with van der Waals surface area (Å²) in [7, 11) is 0. The van der Waals surface area contributed by atoms with Crippen molar-refractivity contribution in [1.29, 1.82) is 0 Å². The van der Waals surface area contributed by atoms with E-state index in [1.54, 1.807) is 0 Å². The van der Waals surface area contributed by atoms with E-state index in [1.807, 2.05) is 36.4 Å². The number of aromatic nitrogens is 4. The average molecular weight is 625 g/mol. The zero-order valence-electron chi connectivity index (χ0n) is 26.5. The van der Waals surface area contributed by atoms with E-state index in [0.717, 1.165) is 33.2 Å². The topological polar surface area (TPSA) is 43.6 Å². The minimum atomic E-state index is 0.650. The van der Waals surface area contributed by atoms with E-state index in [-0.39, 0.29) is 0 Å². The molecule has 0 atom stereocenters. The number of nitrogens with zero attached hydrogens (tertiary/aromatic N) is 4. The van der Waals surface area contributed by atoms with E-state index in [2.05, 4.69) is 138 Å². The van der Waals surface area contributed by atoms with Crippen molar-refractivity contribution in [3.8, 4) is 39.9 Å². The van der Waals surface area contributed by atoms with Gasteiger partial charge < -0.3 is 4.57 Å². The maximum atomic E-state index is 5.16. The molecule has 8 aromatic carbocycles. The Hall–Kier alpha value is -6.65. The summed E-state index contributed by atoms with van der Waals surface area (Å²) in [5.74, 6) is 1.95. The summed E-state index contributed by atoms with van der Waals surface area (Å²) in [5.41, 5.74) is 6.40. The molecule has 4 nitrogen and oxygen atoms in total. The molecule has 0 saturated carbocycles. The van der Waals surface area contributed by atoms with Gasteiger partial charge in [0.25, 0.3) is 0 Å². The number of benzene rings is 8. The number of rotatable bonds is 4. The molecule has 2 aromatic heterocycles. The third-order valence-electron chi connectivity index (χ3n) is 9.62. The third-order valence-corrected chi connectivity index (χ3v) is 9.62. The van der Waals surface area contributed by atoms with Crippen LogP contribution in [-0.4, -0.2) is 19.5 Å². The molecule has 49 heavy (non-hydrogen) atoms. The molecule has 0 fully saturated rings. The van der Waals surface area contributed by atoms with Crippen LogP contribution in [-0.2, 0) is 0 Å². The second-order valence-corrected chi connectivity index (χ2v) is 12.4. The number of fused-ring (bicyclic) bond motifs is 9. The first kappa shape index (κ1) is 27.5. The predicted octanol–water partition coefficient (Wildman–Crippen LogP) is 11.4. The molecular weight excluding hydrogens is 597 g/mol. The van der Waals surface area contributed by atoms with Gasteiger partial charge in [0, 0.05) is 38.2 Å². The summed E-state index contributed by atoms with van der Waals surface area (Å²) in [6.45, 7) is 0. The van der Waals surface area contributed by atoms with Crippen molar-refractivity contribution in [2.75, 3.05) is 0 Å². The molecule has 4 heteroatoms. The Labute approximate surface area is 282 Å².